The summed E-state index contributed by atoms with van der Waals surface area (Å²) in [5, 5.41) is 12.5. The average Bonchev–Trinajstić information content (AvgIpc) is 2.05. The Kier molecular flexibility index (Phi) is 2.38. The molecule has 1 aromatic rings. The summed E-state index contributed by atoms with van der Waals surface area (Å²) in [4.78, 5) is 10.9. The zero-order valence-corrected chi connectivity index (χ0v) is 6.32. The average molecular weight is 154 g/mol. The third-order valence-corrected chi connectivity index (χ3v) is 1.38. The minimum Gasteiger partial charge on any atom is -0.390 e. The minimum atomic E-state index is -0.135. The lowest BCUT2D eigenvalue weighted by Crippen LogP contribution is -2.21. The van der Waals surface area contributed by atoms with Gasteiger partial charge in [0.2, 0.25) is 0 Å². The molecular weight excluding hydrogens is 144 g/mol. The van der Waals surface area contributed by atoms with Gasteiger partial charge in [-0.25, -0.2) is 4.68 Å². The molecule has 1 heterocycles. The molecular formula is C7H10N2O2. The van der Waals surface area contributed by atoms with Crippen molar-refractivity contribution in [2.75, 3.05) is 0 Å². The van der Waals surface area contributed by atoms with E-state index < -0.39 is 0 Å². The first-order valence-corrected chi connectivity index (χ1v) is 3.46. The molecule has 0 aliphatic rings. The van der Waals surface area contributed by atoms with Gasteiger partial charge in [-0.2, -0.15) is 5.10 Å². The van der Waals surface area contributed by atoms with Crippen LogP contribution in [0.25, 0.3) is 0 Å². The van der Waals surface area contributed by atoms with Gasteiger partial charge >= 0.3 is 0 Å². The molecule has 0 bridgehead atoms. The van der Waals surface area contributed by atoms with Crippen molar-refractivity contribution in [2.45, 2.75) is 20.1 Å². The van der Waals surface area contributed by atoms with Crippen LogP contribution in [0.1, 0.15) is 12.6 Å². The Balaban J connectivity index is 3.13. The first kappa shape index (κ1) is 7.94. The molecule has 0 aliphatic heterocycles. The van der Waals surface area contributed by atoms with Gasteiger partial charge in [0.15, 0.2) is 0 Å². The molecule has 11 heavy (non-hydrogen) atoms. The fraction of sp³-hybridized carbons (Fsp3) is 0.429. The van der Waals surface area contributed by atoms with Crippen LogP contribution in [-0.2, 0) is 13.2 Å². The number of hydrogen-bond donors (Lipinski definition) is 1. The fourth-order valence-corrected chi connectivity index (χ4v) is 0.802. The zero-order valence-electron chi connectivity index (χ0n) is 6.32. The van der Waals surface area contributed by atoms with Gasteiger partial charge in [0.25, 0.3) is 5.56 Å². The Morgan fingerprint density at radius 2 is 2.36 bits per heavy atom. The van der Waals surface area contributed by atoms with E-state index in [0.717, 1.165) is 0 Å². The SMILES string of the molecule is CCn1nc(CO)ccc1=O. The second-order valence-corrected chi connectivity index (χ2v) is 2.14. The molecule has 4 nitrogen and oxygen atoms in total. The van der Waals surface area contributed by atoms with Crippen molar-refractivity contribution >= 4 is 0 Å². The minimum absolute atomic E-state index is 0.125. The van der Waals surface area contributed by atoms with E-state index in [9.17, 15) is 4.79 Å². The van der Waals surface area contributed by atoms with Crippen molar-refractivity contribution in [3.05, 3.63) is 28.2 Å². The van der Waals surface area contributed by atoms with Gasteiger partial charge in [0.05, 0.1) is 12.3 Å². The van der Waals surface area contributed by atoms with Crippen molar-refractivity contribution in [1.29, 1.82) is 0 Å². The van der Waals surface area contributed by atoms with E-state index in [1.54, 1.807) is 0 Å². The predicted octanol–water partition coefficient (Wildman–Crippen LogP) is -0.244. The lowest BCUT2D eigenvalue weighted by molar-refractivity contribution is 0.272. The van der Waals surface area contributed by atoms with Crippen LogP contribution in [0.3, 0.4) is 0 Å². The lowest BCUT2D eigenvalue weighted by Gasteiger charge is -2.00. The normalized spacial score (nSPS) is 10.0. The molecule has 1 rings (SSSR count). The molecule has 0 aliphatic carbocycles. The van der Waals surface area contributed by atoms with Gasteiger partial charge in [0, 0.05) is 12.6 Å². The van der Waals surface area contributed by atoms with Gasteiger partial charge in [-0.3, -0.25) is 4.79 Å². The Morgan fingerprint density at radius 3 is 2.91 bits per heavy atom. The largest absolute Gasteiger partial charge is 0.390 e. The molecule has 0 radical (unpaired) electrons. The number of aromatic nitrogens is 2. The van der Waals surface area contributed by atoms with E-state index in [1.165, 1.54) is 16.8 Å². The summed E-state index contributed by atoms with van der Waals surface area (Å²) in [5.41, 5.74) is 0.385. The van der Waals surface area contributed by atoms with Crippen LogP contribution in [0.2, 0.25) is 0 Å². The Bertz CT molecular complexity index is 293. The highest BCUT2D eigenvalue weighted by atomic mass is 16.3. The number of aryl methyl sites for hydroxylation is 1. The summed E-state index contributed by atoms with van der Waals surface area (Å²) in [7, 11) is 0. The molecule has 0 aromatic carbocycles. The standard InChI is InChI=1S/C7H10N2O2/c1-2-9-7(11)4-3-6(5-10)8-9/h3-4,10H,2,5H2,1H3. The zero-order chi connectivity index (χ0) is 8.27. The van der Waals surface area contributed by atoms with Crippen LogP contribution in [0.5, 0.6) is 0 Å². The second kappa shape index (κ2) is 3.30. The lowest BCUT2D eigenvalue weighted by atomic mass is 10.4. The first-order valence-electron chi connectivity index (χ1n) is 3.46. The molecule has 4 heteroatoms. The van der Waals surface area contributed by atoms with Crippen molar-refractivity contribution < 1.29 is 5.11 Å². The third-order valence-electron chi connectivity index (χ3n) is 1.38. The molecule has 0 unspecified atom stereocenters. The summed E-state index contributed by atoms with van der Waals surface area (Å²) in [6.07, 6.45) is 0. The van der Waals surface area contributed by atoms with E-state index in [4.69, 9.17) is 5.11 Å². The van der Waals surface area contributed by atoms with E-state index >= 15 is 0 Å². The molecule has 0 fully saturated rings. The second-order valence-electron chi connectivity index (χ2n) is 2.14. The maximum Gasteiger partial charge on any atom is 0.266 e. The number of aliphatic hydroxyl groups excluding tert-OH is 1. The van der Waals surface area contributed by atoms with Crippen LogP contribution in [0, 0.1) is 0 Å². The van der Waals surface area contributed by atoms with Crippen molar-refractivity contribution in [2.24, 2.45) is 0 Å². The molecule has 0 saturated carbocycles. The summed E-state index contributed by atoms with van der Waals surface area (Å²) in [6.45, 7) is 2.24. The predicted molar refractivity (Wildman–Crippen MR) is 40.1 cm³/mol. The summed E-state index contributed by atoms with van der Waals surface area (Å²) in [6, 6.07) is 2.93. The topological polar surface area (TPSA) is 55.1 Å². The molecule has 0 amide bonds. The molecule has 0 spiro atoms. The Morgan fingerprint density at radius 1 is 1.64 bits per heavy atom. The van der Waals surface area contributed by atoms with E-state index in [-0.39, 0.29) is 12.2 Å². The molecule has 1 aromatic heterocycles. The van der Waals surface area contributed by atoms with Gasteiger partial charge < -0.3 is 5.11 Å². The number of rotatable bonds is 2. The van der Waals surface area contributed by atoms with E-state index in [0.29, 0.717) is 12.2 Å². The highest BCUT2D eigenvalue weighted by molar-refractivity contribution is 4.98. The van der Waals surface area contributed by atoms with Crippen LogP contribution in [-0.4, -0.2) is 14.9 Å². The summed E-state index contributed by atoms with van der Waals surface area (Å²) in [5.74, 6) is 0. The molecule has 0 atom stereocenters. The molecule has 60 valence electrons. The fourth-order valence-electron chi connectivity index (χ4n) is 0.802. The number of aliphatic hydroxyl groups is 1. The number of nitrogens with zero attached hydrogens (tertiary/aromatic N) is 2. The Labute approximate surface area is 64.1 Å². The van der Waals surface area contributed by atoms with E-state index in [1.807, 2.05) is 6.92 Å². The van der Waals surface area contributed by atoms with Gasteiger partial charge in [-0.15, -0.1) is 0 Å². The van der Waals surface area contributed by atoms with Gasteiger partial charge in [0.1, 0.15) is 0 Å². The maximum atomic E-state index is 10.9. The highest BCUT2D eigenvalue weighted by Gasteiger charge is 1.95. The van der Waals surface area contributed by atoms with Crippen molar-refractivity contribution in [3.63, 3.8) is 0 Å². The summed E-state index contributed by atoms with van der Waals surface area (Å²) < 4.78 is 1.31. The molecule has 0 saturated heterocycles. The quantitative estimate of drug-likeness (QED) is 0.639. The van der Waals surface area contributed by atoms with Gasteiger partial charge in [-0.05, 0) is 13.0 Å². The van der Waals surface area contributed by atoms with Crippen LogP contribution < -0.4 is 5.56 Å². The highest BCUT2D eigenvalue weighted by Crippen LogP contribution is 1.88. The first-order chi connectivity index (χ1) is 5.27. The Hall–Kier alpha value is -1.16. The third kappa shape index (κ3) is 1.65. The smallest absolute Gasteiger partial charge is 0.266 e. The van der Waals surface area contributed by atoms with Crippen molar-refractivity contribution in [3.8, 4) is 0 Å². The van der Waals surface area contributed by atoms with Crippen LogP contribution >= 0.6 is 0 Å². The van der Waals surface area contributed by atoms with Crippen LogP contribution in [0.15, 0.2) is 16.9 Å². The van der Waals surface area contributed by atoms with E-state index in [2.05, 4.69) is 5.10 Å². The molecule has 1 N–H and O–H groups in total. The number of hydrogen-bond acceptors (Lipinski definition) is 3. The monoisotopic (exact) mass is 154 g/mol. The maximum absolute atomic E-state index is 10.9. The van der Waals surface area contributed by atoms with Gasteiger partial charge in [-0.1, -0.05) is 0 Å². The van der Waals surface area contributed by atoms with Crippen molar-refractivity contribution in [1.82, 2.24) is 9.78 Å². The summed E-state index contributed by atoms with van der Waals surface area (Å²) >= 11 is 0. The van der Waals surface area contributed by atoms with Crippen LogP contribution in [0.4, 0.5) is 0 Å².